The summed E-state index contributed by atoms with van der Waals surface area (Å²) in [7, 11) is 3.35. The van der Waals surface area contributed by atoms with Crippen molar-refractivity contribution in [3.8, 4) is 0 Å². The number of benzene rings is 2. The molecule has 148 valence electrons. The lowest BCUT2D eigenvalue weighted by Gasteiger charge is -2.31. The van der Waals surface area contributed by atoms with Gasteiger partial charge in [0, 0.05) is 51.0 Å². The summed E-state index contributed by atoms with van der Waals surface area (Å²) >= 11 is 0. The third-order valence-corrected chi connectivity index (χ3v) is 5.15. The van der Waals surface area contributed by atoms with Crippen LogP contribution in [-0.2, 0) is 6.54 Å². The molecule has 2 aromatic rings. The van der Waals surface area contributed by atoms with Gasteiger partial charge in [-0.15, -0.1) is 0 Å². The number of piperidine rings is 1. The number of anilines is 2. The third-order valence-electron chi connectivity index (χ3n) is 5.15. The number of para-hydroxylation sites is 1. The molecule has 0 bridgehead atoms. The van der Waals surface area contributed by atoms with E-state index in [1.807, 2.05) is 18.2 Å². The van der Waals surface area contributed by atoms with Gasteiger partial charge in [0.2, 0.25) is 0 Å². The summed E-state index contributed by atoms with van der Waals surface area (Å²) in [5.74, 6) is -0.237. The van der Waals surface area contributed by atoms with E-state index in [-0.39, 0.29) is 11.6 Å². The van der Waals surface area contributed by atoms with Crippen LogP contribution in [0.1, 0.15) is 35.2 Å². The van der Waals surface area contributed by atoms with Crippen LogP contribution in [-0.4, -0.2) is 42.9 Å². The zero-order chi connectivity index (χ0) is 20.1. The van der Waals surface area contributed by atoms with Gasteiger partial charge in [0.1, 0.15) is 5.69 Å². The SMILES string of the molecule is CNc1ccc(C(=O)N(C)Cc2ccccc2N2CCCCC2)cc1[N+](=O)[O-]. The fourth-order valence-corrected chi connectivity index (χ4v) is 3.66. The molecule has 2 aromatic carbocycles. The molecule has 7 heteroatoms. The summed E-state index contributed by atoms with van der Waals surface area (Å²) in [4.78, 5) is 27.7. The second kappa shape index (κ2) is 8.73. The molecule has 0 unspecified atom stereocenters. The maximum absolute atomic E-state index is 12.9. The Hall–Kier alpha value is -3.09. The van der Waals surface area contributed by atoms with Crippen LogP contribution in [0.3, 0.4) is 0 Å². The van der Waals surface area contributed by atoms with E-state index in [0.717, 1.165) is 18.7 Å². The van der Waals surface area contributed by atoms with Crippen molar-refractivity contribution in [2.24, 2.45) is 0 Å². The highest BCUT2D eigenvalue weighted by molar-refractivity contribution is 5.95. The number of hydrogen-bond acceptors (Lipinski definition) is 5. The third kappa shape index (κ3) is 4.24. The van der Waals surface area contributed by atoms with Crippen LogP contribution in [0, 0.1) is 10.1 Å². The highest BCUT2D eigenvalue weighted by Crippen LogP contribution is 2.27. The second-order valence-electron chi connectivity index (χ2n) is 7.08. The van der Waals surface area contributed by atoms with Crippen LogP contribution >= 0.6 is 0 Å². The Morgan fingerprint density at radius 2 is 1.89 bits per heavy atom. The van der Waals surface area contributed by atoms with Crippen LogP contribution in [0.25, 0.3) is 0 Å². The van der Waals surface area contributed by atoms with E-state index in [1.54, 1.807) is 31.1 Å². The minimum absolute atomic E-state index is 0.101. The molecular formula is C21H26N4O3. The number of amides is 1. The Kier molecular flexibility index (Phi) is 6.13. The van der Waals surface area contributed by atoms with Gasteiger partial charge in [-0.2, -0.15) is 0 Å². The first-order chi connectivity index (χ1) is 13.5. The molecule has 1 fully saturated rings. The maximum Gasteiger partial charge on any atom is 0.293 e. The molecule has 7 nitrogen and oxygen atoms in total. The highest BCUT2D eigenvalue weighted by Gasteiger charge is 2.21. The van der Waals surface area contributed by atoms with E-state index < -0.39 is 4.92 Å². The first kappa shape index (κ1) is 19.7. The summed E-state index contributed by atoms with van der Waals surface area (Å²) in [6, 6.07) is 12.7. The first-order valence-corrected chi connectivity index (χ1v) is 9.55. The summed E-state index contributed by atoms with van der Waals surface area (Å²) in [5, 5.41) is 14.1. The quantitative estimate of drug-likeness (QED) is 0.605. The Bertz CT molecular complexity index is 862. The second-order valence-corrected chi connectivity index (χ2v) is 7.08. The molecule has 3 rings (SSSR count). The molecule has 0 radical (unpaired) electrons. The van der Waals surface area contributed by atoms with Gasteiger partial charge in [-0.3, -0.25) is 14.9 Å². The van der Waals surface area contributed by atoms with E-state index in [2.05, 4.69) is 16.3 Å². The average molecular weight is 382 g/mol. The summed E-state index contributed by atoms with van der Waals surface area (Å²) in [6.07, 6.45) is 3.63. The predicted octanol–water partition coefficient (Wildman–Crippen LogP) is 3.90. The summed E-state index contributed by atoms with van der Waals surface area (Å²) < 4.78 is 0. The Balaban J connectivity index is 1.80. The minimum atomic E-state index is -0.478. The molecule has 1 heterocycles. The number of nitrogens with one attached hydrogen (secondary N) is 1. The van der Waals surface area contributed by atoms with Crippen LogP contribution in [0.4, 0.5) is 17.1 Å². The van der Waals surface area contributed by atoms with Gasteiger partial charge in [-0.25, -0.2) is 0 Å². The fraction of sp³-hybridized carbons (Fsp3) is 0.381. The number of rotatable bonds is 6. The van der Waals surface area contributed by atoms with Crippen LogP contribution < -0.4 is 10.2 Å². The largest absolute Gasteiger partial charge is 0.383 e. The zero-order valence-electron chi connectivity index (χ0n) is 16.4. The molecule has 0 spiro atoms. The lowest BCUT2D eigenvalue weighted by molar-refractivity contribution is -0.384. The number of carbonyl (C=O) groups excluding carboxylic acids is 1. The summed E-state index contributed by atoms with van der Waals surface area (Å²) in [6.45, 7) is 2.52. The smallest absolute Gasteiger partial charge is 0.293 e. The Morgan fingerprint density at radius 1 is 1.18 bits per heavy atom. The first-order valence-electron chi connectivity index (χ1n) is 9.55. The number of nitro benzene ring substituents is 1. The normalized spacial score (nSPS) is 13.9. The van der Waals surface area contributed by atoms with Gasteiger partial charge in [0.05, 0.1) is 4.92 Å². The number of hydrogen-bond donors (Lipinski definition) is 1. The molecule has 1 aliphatic heterocycles. The lowest BCUT2D eigenvalue weighted by atomic mass is 10.1. The van der Waals surface area contributed by atoms with Crippen molar-refractivity contribution in [1.82, 2.24) is 4.90 Å². The van der Waals surface area contributed by atoms with Crippen LogP contribution in [0.5, 0.6) is 0 Å². The molecule has 1 aliphatic rings. The minimum Gasteiger partial charge on any atom is -0.383 e. The maximum atomic E-state index is 12.9. The monoisotopic (exact) mass is 382 g/mol. The van der Waals surface area contributed by atoms with E-state index in [4.69, 9.17) is 0 Å². The van der Waals surface area contributed by atoms with E-state index >= 15 is 0 Å². The molecule has 0 saturated carbocycles. The molecule has 0 aliphatic carbocycles. The molecule has 1 N–H and O–H groups in total. The number of carbonyl (C=O) groups is 1. The lowest BCUT2D eigenvalue weighted by Crippen LogP contribution is -2.32. The molecule has 1 amide bonds. The van der Waals surface area contributed by atoms with Gasteiger partial charge < -0.3 is 15.1 Å². The van der Waals surface area contributed by atoms with Crippen LogP contribution in [0.15, 0.2) is 42.5 Å². The topological polar surface area (TPSA) is 78.7 Å². The Labute approximate surface area is 165 Å². The van der Waals surface area contributed by atoms with Crippen molar-refractivity contribution in [2.45, 2.75) is 25.8 Å². The van der Waals surface area contributed by atoms with Crippen molar-refractivity contribution in [3.05, 3.63) is 63.7 Å². The molecular weight excluding hydrogens is 356 g/mol. The van der Waals surface area contributed by atoms with Crippen LogP contribution in [0.2, 0.25) is 0 Å². The molecule has 28 heavy (non-hydrogen) atoms. The summed E-state index contributed by atoms with van der Waals surface area (Å²) in [5.41, 5.74) is 2.85. The van der Waals surface area contributed by atoms with Gasteiger partial charge in [-0.05, 0) is 43.0 Å². The Morgan fingerprint density at radius 3 is 2.57 bits per heavy atom. The molecule has 0 atom stereocenters. The molecule has 1 saturated heterocycles. The van der Waals surface area contributed by atoms with E-state index in [1.165, 1.54) is 31.0 Å². The highest BCUT2D eigenvalue weighted by atomic mass is 16.6. The van der Waals surface area contributed by atoms with Gasteiger partial charge in [-0.1, -0.05) is 18.2 Å². The number of nitrogens with zero attached hydrogens (tertiary/aromatic N) is 3. The van der Waals surface area contributed by atoms with Gasteiger partial charge in [0.15, 0.2) is 0 Å². The van der Waals surface area contributed by atoms with Crippen molar-refractivity contribution >= 4 is 23.0 Å². The van der Waals surface area contributed by atoms with Crippen molar-refractivity contribution < 1.29 is 9.72 Å². The van der Waals surface area contributed by atoms with Gasteiger partial charge >= 0.3 is 0 Å². The fourth-order valence-electron chi connectivity index (χ4n) is 3.66. The van der Waals surface area contributed by atoms with E-state index in [9.17, 15) is 14.9 Å². The van der Waals surface area contributed by atoms with Crippen molar-refractivity contribution in [1.29, 1.82) is 0 Å². The predicted molar refractivity (Wildman–Crippen MR) is 111 cm³/mol. The van der Waals surface area contributed by atoms with Gasteiger partial charge in [0.25, 0.3) is 11.6 Å². The van der Waals surface area contributed by atoms with E-state index in [0.29, 0.717) is 17.8 Å². The molecule has 0 aromatic heterocycles. The number of nitro groups is 1. The van der Waals surface area contributed by atoms with Crippen molar-refractivity contribution in [3.63, 3.8) is 0 Å². The van der Waals surface area contributed by atoms with Crippen molar-refractivity contribution in [2.75, 3.05) is 37.4 Å². The average Bonchev–Trinajstić information content (AvgIpc) is 2.73. The standard InChI is InChI=1S/C21H26N4O3/c1-22-18-11-10-16(14-20(18)25(27)28)21(26)23(2)15-17-8-4-5-9-19(17)24-12-6-3-7-13-24/h4-5,8-11,14,22H,3,6-7,12-13,15H2,1-2H3. The zero-order valence-corrected chi connectivity index (χ0v) is 16.4.